The second kappa shape index (κ2) is 11.8. The summed E-state index contributed by atoms with van der Waals surface area (Å²) in [6, 6.07) is 10.4. The van der Waals surface area contributed by atoms with Crippen molar-refractivity contribution >= 4 is 39.8 Å². The van der Waals surface area contributed by atoms with Gasteiger partial charge in [-0.25, -0.2) is 9.97 Å². The number of ether oxygens (including phenoxy) is 1. The number of nitrogens with zero attached hydrogens (tertiary/aromatic N) is 4. The topological polar surface area (TPSA) is 98.4 Å². The highest BCUT2D eigenvalue weighted by molar-refractivity contribution is 5.98. The summed E-state index contributed by atoms with van der Waals surface area (Å²) < 4.78 is 47.3. The molecule has 0 aliphatic heterocycles. The van der Waals surface area contributed by atoms with E-state index in [1.165, 1.54) is 13.3 Å². The lowest BCUT2D eigenvalue weighted by Crippen LogP contribution is -2.29. The summed E-state index contributed by atoms with van der Waals surface area (Å²) in [7, 11) is 7.37. The van der Waals surface area contributed by atoms with Gasteiger partial charge >= 0.3 is 6.18 Å². The fourth-order valence-corrected chi connectivity index (χ4v) is 4.23. The molecule has 3 N–H and O–H groups in total. The molecular formula is C28H32F3N7O2. The molecule has 1 amide bonds. The molecule has 0 saturated carbocycles. The van der Waals surface area contributed by atoms with Gasteiger partial charge in [0.25, 0.3) is 0 Å². The number of anilines is 4. The average molecular weight is 556 g/mol. The van der Waals surface area contributed by atoms with Crippen molar-refractivity contribution in [2.24, 2.45) is 0 Å². The third-order valence-corrected chi connectivity index (χ3v) is 6.39. The number of likely N-dealkylation sites (N-methyl/N-ethyl adjacent to an activating group) is 2. The van der Waals surface area contributed by atoms with Gasteiger partial charge in [0.1, 0.15) is 11.3 Å². The van der Waals surface area contributed by atoms with Crippen LogP contribution in [0.4, 0.5) is 36.2 Å². The predicted molar refractivity (Wildman–Crippen MR) is 151 cm³/mol. The van der Waals surface area contributed by atoms with Gasteiger partial charge in [0.05, 0.1) is 29.7 Å². The van der Waals surface area contributed by atoms with Gasteiger partial charge in [0.15, 0.2) is 0 Å². The van der Waals surface area contributed by atoms with E-state index in [2.05, 4.69) is 30.5 Å². The second-order valence-corrected chi connectivity index (χ2v) is 9.52. The highest BCUT2D eigenvalue weighted by Crippen LogP contribution is 2.40. The molecule has 212 valence electrons. The van der Waals surface area contributed by atoms with Gasteiger partial charge in [-0.15, -0.1) is 0 Å². The van der Waals surface area contributed by atoms with E-state index in [1.54, 1.807) is 37.3 Å². The molecule has 0 radical (unpaired) electrons. The fourth-order valence-electron chi connectivity index (χ4n) is 4.23. The number of para-hydroxylation sites is 1. The molecule has 0 fully saturated rings. The quantitative estimate of drug-likeness (QED) is 0.230. The third kappa shape index (κ3) is 6.28. The number of fused-ring (bicyclic) bond motifs is 1. The van der Waals surface area contributed by atoms with Crippen molar-refractivity contribution in [2.75, 3.05) is 56.9 Å². The van der Waals surface area contributed by atoms with Crippen molar-refractivity contribution in [3.63, 3.8) is 0 Å². The molecule has 0 bridgehead atoms. The SMILES string of the molecule is CCC(=O)Nc1cc(Nc2ncc(C(F)(F)F)c(-c3c[nH]c4c(OC)cccc34)n2)ccc1N(C)CCN(C)C. The van der Waals surface area contributed by atoms with Crippen molar-refractivity contribution in [1.29, 1.82) is 0 Å². The maximum absolute atomic E-state index is 14.0. The van der Waals surface area contributed by atoms with E-state index in [9.17, 15) is 18.0 Å². The minimum absolute atomic E-state index is 0.0262. The van der Waals surface area contributed by atoms with Crippen LogP contribution in [0.1, 0.15) is 18.9 Å². The van der Waals surface area contributed by atoms with Crippen LogP contribution in [0.25, 0.3) is 22.2 Å². The number of hydrogen-bond acceptors (Lipinski definition) is 7. The standard InChI is InChI=1S/C28H32F3N7O2/c1-6-24(39)35-21-14-17(10-11-22(21)38(4)13-12-37(2)3)34-27-33-16-20(28(29,30)31)25(36-27)19-15-32-26-18(19)8-7-9-23(26)40-5/h7-11,14-16,32H,6,12-13H2,1-5H3,(H,35,39)(H,33,34,36). The van der Waals surface area contributed by atoms with E-state index in [-0.39, 0.29) is 23.1 Å². The van der Waals surface area contributed by atoms with Crippen molar-refractivity contribution in [1.82, 2.24) is 19.9 Å². The Morgan fingerprint density at radius 1 is 1.12 bits per heavy atom. The molecule has 0 atom stereocenters. The van der Waals surface area contributed by atoms with Crippen LogP contribution in [0.15, 0.2) is 48.8 Å². The lowest BCUT2D eigenvalue weighted by atomic mass is 10.1. The zero-order valence-electron chi connectivity index (χ0n) is 23.0. The van der Waals surface area contributed by atoms with Gasteiger partial charge in [0, 0.05) is 55.6 Å². The molecule has 2 aromatic heterocycles. The predicted octanol–water partition coefficient (Wildman–Crippen LogP) is 5.74. The van der Waals surface area contributed by atoms with E-state index in [1.807, 2.05) is 32.1 Å². The first kappa shape index (κ1) is 28.7. The number of hydrogen-bond donors (Lipinski definition) is 3. The van der Waals surface area contributed by atoms with Gasteiger partial charge in [-0.05, 0) is 38.4 Å². The molecule has 0 saturated heterocycles. The number of methoxy groups -OCH3 is 1. The molecule has 0 aliphatic rings. The Morgan fingerprint density at radius 3 is 2.58 bits per heavy atom. The van der Waals surface area contributed by atoms with Crippen molar-refractivity contribution in [3.8, 4) is 17.0 Å². The molecule has 0 unspecified atom stereocenters. The molecule has 4 aromatic rings. The zero-order chi connectivity index (χ0) is 29.0. The molecule has 4 rings (SSSR count). The summed E-state index contributed by atoms with van der Waals surface area (Å²) in [5.74, 6) is 0.311. The second-order valence-electron chi connectivity index (χ2n) is 9.52. The number of nitrogens with one attached hydrogen (secondary N) is 3. The largest absolute Gasteiger partial charge is 0.495 e. The summed E-state index contributed by atoms with van der Waals surface area (Å²) in [5.41, 5.74) is 1.46. The Morgan fingerprint density at radius 2 is 1.90 bits per heavy atom. The Hall–Kier alpha value is -4.32. The highest BCUT2D eigenvalue weighted by atomic mass is 19.4. The summed E-state index contributed by atoms with van der Waals surface area (Å²) in [4.78, 5) is 27.6. The monoisotopic (exact) mass is 555 g/mol. The Balaban J connectivity index is 1.73. The Labute approximate surface area is 230 Å². The van der Waals surface area contributed by atoms with Crippen molar-refractivity contribution in [2.45, 2.75) is 19.5 Å². The van der Waals surface area contributed by atoms with E-state index < -0.39 is 11.7 Å². The van der Waals surface area contributed by atoms with Gasteiger partial charge < -0.3 is 30.2 Å². The first-order chi connectivity index (χ1) is 19.0. The molecule has 0 spiro atoms. The average Bonchev–Trinajstić information content (AvgIpc) is 3.35. The smallest absolute Gasteiger partial charge is 0.419 e. The van der Waals surface area contributed by atoms with Crippen LogP contribution >= 0.6 is 0 Å². The van der Waals surface area contributed by atoms with Crippen LogP contribution in [-0.4, -0.2) is 67.1 Å². The van der Waals surface area contributed by atoms with Gasteiger partial charge in [-0.2, -0.15) is 13.2 Å². The van der Waals surface area contributed by atoms with Gasteiger partial charge in [0.2, 0.25) is 11.9 Å². The van der Waals surface area contributed by atoms with E-state index in [4.69, 9.17) is 4.74 Å². The molecule has 0 aliphatic carbocycles. The molecule has 9 nitrogen and oxygen atoms in total. The molecular weight excluding hydrogens is 523 g/mol. The third-order valence-electron chi connectivity index (χ3n) is 6.39. The normalized spacial score (nSPS) is 11.6. The van der Waals surface area contributed by atoms with E-state index >= 15 is 0 Å². The highest BCUT2D eigenvalue weighted by Gasteiger charge is 2.36. The van der Waals surface area contributed by atoms with Gasteiger partial charge in [-0.1, -0.05) is 19.1 Å². The maximum Gasteiger partial charge on any atom is 0.419 e. The number of rotatable bonds is 10. The van der Waals surface area contributed by atoms with E-state index in [0.717, 1.165) is 25.0 Å². The zero-order valence-corrected chi connectivity index (χ0v) is 23.0. The Bertz CT molecular complexity index is 1500. The summed E-state index contributed by atoms with van der Waals surface area (Å²) in [5, 5.41) is 6.44. The number of aromatic amines is 1. The first-order valence-corrected chi connectivity index (χ1v) is 12.7. The fraction of sp³-hybridized carbons (Fsp3) is 0.321. The van der Waals surface area contributed by atoms with Crippen LogP contribution in [0.3, 0.4) is 0 Å². The molecule has 40 heavy (non-hydrogen) atoms. The van der Waals surface area contributed by atoms with Crippen LogP contribution in [-0.2, 0) is 11.0 Å². The van der Waals surface area contributed by atoms with E-state index in [0.29, 0.717) is 34.4 Å². The number of carbonyl (C=O) groups excluding carboxylic acids is 1. The van der Waals surface area contributed by atoms with Crippen molar-refractivity contribution < 1.29 is 22.7 Å². The first-order valence-electron chi connectivity index (χ1n) is 12.7. The Kier molecular flexibility index (Phi) is 8.48. The number of H-pyrrole nitrogens is 1. The number of carbonyl (C=O) groups is 1. The lowest BCUT2D eigenvalue weighted by Gasteiger charge is -2.25. The minimum Gasteiger partial charge on any atom is -0.495 e. The number of benzene rings is 2. The van der Waals surface area contributed by atoms with Gasteiger partial charge in [-0.3, -0.25) is 4.79 Å². The summed E-state index contributed by atoms with van der Waals surface area (Å²) >= 11 is 0. The van der Waals surface area contributed by atoms with Crippen LogP contribution in [0.5, 0.6) is 5.75 Å². The number of halogens is 3. The molecule has 12 heteroatoms. The minimum atomic E-state index is -4.67. The molecule has 2 heterocycles. The lowest BCUT2D eigenvalue weighted by molar-refractivity contribution is -0.137. The van der Waals surface area contributed by atoms with Crippen LogP contribution in [0, 0.1) is 0 Å². The number of amides is 1. The summed E-state index contributed by atoms with van der Waals surface area (Å²) in [6.45, 7) is 3.28. The van der Waals surface area contributed by atoms with Crippen LogP contribution < -0.4 is 20.3 Å². The number of aromatic nitrogens is 3. The van der Waals surface area contributed by atoms with Crippen LogP contribution in [0.2, 0.25) is 0 Å². The molecule has 2 aromatic carbocycles. The summed E-state index contributed by atoms with van der Waals surface area (Å²) in [6.07, 6.45) is -2.13. The number of alkyl halides is 3. The van der Waals surface area contributed by atoms with Crippen molar-refractivity contribution in [3.05, 3.63) is 54.4 Å². The maximum atomic E-state index is 14.0.